The minimum absolute atomic E-state index is 0.178. The van der Waals surface area contributed by atoms with E-state index in [4.69, 9.17) is 22.8 Å². The van der Waals surface area contributed by atoms with Gasteiger partial charge in [0.1, 0.15) is 5.75 Å². The third-order valence-electron chi connectivity index (χ3n) is 4.26. The van der Waals surface area contributed by atoms with Gasteiger partial charge in [0.05, 0.1) is 12.7 Å². The smallest absolute Gasteiger partial charge is 0.178 e. The average molecular weight is 319 g/mol. The number of aliphatic hydroxyl groups is 3. The lowest BCUT2D eigenvalue weighted by atomic mass is 9.90. The Labute approximate surface area is 139 Å². The Morgan fingerprint density at radius 1 is 1.26 bits per heavy atom. The molecule has 23 heavy (non-hydrogen) atoms. The monoisotopic (exact) mass is 319 g/mol. The molecule has 0 amide bonds. The van der Waals surface area contributed by atoms with Crippen LogP contribution in [0.2, 0.25) is 0 Å². The van der Waals surface area contributed by atoms with Crippen LogP contribution < -0.4 is 10.1 Å². The lowest BCUT2D eigenvalue weighted by Gasteiger charge is -2.22. The zero-order chi connectivity index (χ0) is 16.7. The third kappa shape index (κ3) is 6.91. The van der Waals surface area contributed by atoms with Crippen molar-refractivity contribution in [3.8, 4) is 5.75 Å². The molecule has 5 nitrogen and oxygen atoms in total. The van der Waals surface area contributed by atoms with E-state index in [1.54, 1.807) is 0 Å². The van der Waals surface area contributed by atoms with Gasteiger partial charge in [-0.05, 0) is 42.9 Å². The topological polar surface area (TPSA) is 82.0 Å². The zero-order valence-corrected chi connectivity index (χ0v) is 13.4. The summed E-state index contributed by atoms with van der Waals surface area (Å²) in [5.74, 6) is -1.02. The minimum atomic E-state index is -2.41. The van der Waals surface area contributed by atoms with E-state index in [-0.39, 0.29) is 6.54 Å². The zero-order valence-electron chi connectivity index (χ0n) is 13.4. The van der Waals surface area contributed by atoms with Crippen LogP contribution in [0.4, 0.5) is 0 Å². The van der Waals surface area contributed by atoms with Crippen molar-refractivity contribution in [2.75, 3.05) is 13.2 Å². The van der Waals surface area contributed by atoms with E-state index in [2.05, 4.69) is 5.32 Å². The molecule has 1 fully saturated rings. The van der Waals surface area contributed by atoms with E-state index in [9.17, 15) is 5.11 Å². The van der Waals surface area contributed by atoms with Crippen molar-refractivity contribution in [2.45, 2.75) is 50.4 Å². The van der Waals surface area contributed by atoms with Gasteiger partial charge < -0.3 is 20.1 Å². The largest absolute Gasteiger partial charge is 0.493 e. The maximum absolute atomic E-state index is 10.2. The van der Waals surface area contributed by atoms with Gasteiger partial charge in [-0.1, -0.05) is 31.4 Å². The van der Waals surface area contributed by atoms with Gasteiger partial charge in [0.2, 0.25) is 0 Å². The van der Waals surface area contributed by atoms with Gasteiger partial charge in [0, 0.05) is 6.54 Å². The van der Waals surface area contributed by atoms with Gasteiger partial charge in [0.25, 0.3) is 0 Å². The number of nitrogens with one attached hydrogen (secondary N) is 1. The lowest BCUT2D eigenvalue weighted by Crippen LogP contribution is -2.46. The fourth-order valence-corrected chi connectivity index (χ4v) is 2.94. The number of aliphatic hydroxyl groups excluding tert-OH is 1. The first kappa shape index (κ1) is 18.3. The highest BCUT2D eigenvalue weighted by Gasteiger charge is 2.16. The standard InChI is InChI=1S/C17H26BNO4/c18-17(21,22)19-10-9-16(20)14-7-4-8-15(11-14)23-12-13-5-2-1-3-6-13/h4,7-8,11,13,16,19-22H,1-3,5-6,9-10,12H2. The molecule has 0 heterocycles. The maximum atomic E-state index is 10.2. The predicted octanol–water partition coefficient (Wildman–Crippen LogP) is 1.42. The van der Waals surface area contributed by atoms with Crippen molar-refractivity contribution in [1.29, 1.82) is 0 Å². The number of rotatable bonds is 8. The normalized spacial score (nSPS) is 17.9. The van der Waals surface area contributed by atoms with Crippen molar-refractivity contribution in [2.24, 2.45) is 5.92 Å². The van der Waals surface area contributed by atoms with Crippen molar-refractivity contribution < 1.29 is 20.1 Å². The first-order valence-electron chi connectivity index (χ1n) is 8.33. The Morgan fingerprint density at radius 3 is 2.70 bits per heavy atom. The van der Waals surface area contributed by atoms with Crippen LogP contribution in [-0.2, 0) is 0 Å². The molecule has 2 rings (SSSR count). The molecule has 1 saturated carbocycles. The Bertz CT molecular complexity index is 472. The summed E-state index contributed by atoms with van der Waals surface area (Å²) in [6.45, 7) is 0.906. The highest BCUT2D eigenvalue weighted by Crippen LogP contribution is 2.26. The van der Waals surface area contributed by atoms with Crippen LogP contribution >= 0.6 is 0 Å². The minimum Gasteiger partial charge on any atom is -0.493 e. The van der Waals surface area contributed by atoms with Crippen LogP contribution in [0.5, 0.6) is 5.75 Å². The van der Waals surface area contributed by atoms with E-state index in [1.807, 2.05) is 24.3 Å². The Balaban J connectivity index is 1.80. The first-order chi connectivity index (χ1) is 10.9. The predicted molar refractivity (Wildman–Crippen MR) is 89.0 cm³/mol. The van der Waals surface area contributed by atoms with Crippen LogP contribution in [0.15, 0.2) is 24.3 Å². The molecule has 4 N–H and O–H groups in total. The molecule has 126 valence electrons. The maximum Gasteiger partial charge on any atom is 0.178 e. The molecule has 0 bridgehead atoms. The molecule has 0 aliphatic heterocycles. The highest BCUT2D eigenvalue weighted by molar-refractivity contribution is 6.12. The number of hydrogen-bond acceptors (Lipinski definition) is 5. The number of benzene rings is 1. The summed E-state index contributed by atoms with van der Waals surface area (Å²) in [5, 5.41) is 30.4. The molecule has 1 aromatic carbocycles. The number of ether oxygens (including phenoxy) is 1. The molecule has 1 atom stereocenters. The second-order valence-electron chi connectivity index (χ2n) is 6.34. The summed E-state index contributed by atoms with van der Waals surface area (Å²) >= 11 is 0. The van der Waals surface area contributed by atoms with Crippen LogP contribution in [0.25, 0.3) is 0 Å². The summed E-state index contributed by atoms with van der Waals surface area (Å²) < 4.78 is 5.87. The van der Waals surface area contributed by atoms with Crippen LogP contribution in [-0.4, -0.2) is 42.1 Å². The highest BCUT2D eigenvalue weighted by atomic mass is 16.5. The van der Waals surface area contributed by atoms with Crippen LogP contribution in [0.1, 0.15) is 50.2 Å². The molecule has 1 aromatic rings. The number of hydrogen-bond donors (Lipinski definition) is 4. The van der Waals surface area contributed by atoms with Gasteiger partial charge >= 0.3 is 0 Å². The SMILES string of the molecule is [B]C(O)(O)NCCC(O)c1cccc(OCC2CCCCC2)c1. The third-order valence-corrected chi connectivity index (χ3v) is 4.26. The van der Waals surface area contributed by atoms with Crippen LogP contribution in [0, 0.1) is 5.92 Å². The first-order valence-corrected chi connectivity index (χ1v) is 8.33. The second kappa shape index (κ2) is 8.69. The molecule has 2 radical (unpaired) electrons. The molecule has 0 spiro atoms. The van der Waals surface area contributed by atoms with Gasteiger partial charge in [-0.2, -0.15) is 0 Å². The van der Waals surface area contributed by atoms with Gasteiger partial charge in [-0.3, -0.25) is 5.32 Å². The molecule has 0 saturated heterocycles. The van der Waals surface area contributed by atoms with Crippen molar-refractivity contribution in [1.82, 2.24) is 5.32 Å². The molecule has 1 aliphatic carbocycles. The lowest BCUT2D eigenvalue weighted by molar-refractivity contribution is -0.112. The Hall–Kier alpha value is -1.08. The summed E-state index contributed by atoms with van der Waals surface area (Å²) in [7, 11) is 4.99. The van der Waals surface area contributed by atoms with E-state index in [0.717, 1.165) is 17.9 Å². The summed E-state index contributed by atoms with van der Waals surface area (Å²) in [4.78, 5) is 0. The van der Waals surface area contributed by atoms with Gasteiger partial charge in [-0.25, -0.2) is 0 Å². The summed E-state index contributed by atoms with van der Waals surface area (Å²) in [5.41, 5.74) is 0.742. The summed E-state index contributed by atoms with van der Waals surface area (Å²) in [6.07, 6.45) is 5.97. The van der Waals surface area contributed by atoms with Crippen molar-refractivity contribution in [3.63, 3.8) is 0 Å². The van der Waals surface area contributed by atoms with Crippen LogP contribution in [0.3, 0.4) is 0 Å². The fraction of sp³-hybridized carbons (Fsp3) is 0.647. The molecular formula is C17H26BNO4. The Kier molecular flexibility index (Phi) is 6.90. The quantitative estimate of drug-likeness (QED) is 0.430. The molecule has 6 heteroatoms. The fourth-order valence-electron chi connectivity index (χ4n) is 2.94. The molecular weight excluding hydrogens is 293 g/mol. The molecule has 1 unspecified atom stereocenters. The van der Waals surface area contributed by atoms with Crippen molar-refractivity contribution in [3.05, 3.63) is 29.8 Å². The summed E-state index contributed by atoms with van der Waals surface area (Å²) in [6, 6.07) is 7.41. The molecule has 1 aliphatic rings. The van der Waals surface area contributed by atoms with E-state index in [1.165, 1.54) is 32.1 Å². The van der Waals surface area contributed by atoms with E-state index >= 15 is 0 Å². The second-order valence-corrected chi connectivity index (χ2v) is 6.34. The average Bonchev–Trinajstić information content (AvgIpc) is 2.53. The van der Waals surface area contributed by atoms with E-state index < -0.39 is 11.9 Å². The van der Waals surface area contributed by atoms with Crippen molar-refractivity contribution >= 4 is 7.85 Å². The Morgan fingerprint density at radius 2 is 2.00 bits per heavy atom. The molecule has 0 aromatic heterocycles. The van der Waals surface area contributed by atoms with Gasteiger partial charge in [-0.15, -0.1) is 0 Å². The van der Waals surface area contributed by atoms with E-state index in [0.29, 0.717) is 12.3 Å². The van der Waals surface area contributed by atoms with Gasteiger partial charge in [0.15, 0.2) is 13.7 Å².